The van der Waals surface area contributed by atoms with E-state index in [1.807, 2.05) is 11.9 Å². The Bertz CT molecular complexity index is 756. The van der Waals surface area contributed by atoms with Gasteiger partial charge in [-0.25, -0.2) is 0 Å². The predicted molar refractivity (Wildman–Crippen MR) is 95.8 cm³/mol. The number of aliphatic hydroxyl groups is 1. The van der Waals surface area contributed by atoms with E-state index in [0.717, 1.165) is 25.7 Å². The normalized spacial score (nSPS) is 28.9. The second-order valence-electron chi connectivity index (χ2n) is 7.53. The monoisotopic (exact) mass is 323 g/mol. The minimum absolute atomic E-state index is 0.120. The van der Waals surface area contributed by atoms with Gasteiger partial charge in [0.05, 0.1) is 6.10 Å². The Balaban J connectivity index is 1.41. The molecule has 126 valence electrons. The Morgan fingerprint density at radius 1 is 1.17 bits per heavy atom. The number of carbonyl (C=O) groups is 1. The Labute approximate surface area is 143 Å². The van der Waals surface area contributed by atoms with Crippen LogP contribution in [0, 0.1) is 11.8 Å². The Morgan fingerprint density at radius 2 is 1.96 bits per heavy atom. The highest BCUT2D eigenvalue weighted by atomic mass is 16.3. The van der Waals surface area contributed by atoms with Gasteiger partial charge in [0, 0.05) is 25.4 Å². The topological polar surface area (TPSA) is 40.5 Å². The zero-order valence-corrected chi connectivity index (χ0v) is 14.2. The van der Waals surface area contributed by atoms with E-state index in [2.05, 4.69) is 42.5 Å². The van der Waals surface area contributed by atoms with Crippen LogP contribution >= 0.6 is 0 Å². The number of hydrogen-bond donors (Lipinski definition) is 1. The van der Waals surface area contributed by atoms with Crippen LogP contribution in [0.2, 0.25) is 0 Å². The third-order valence-electron chi connectivity index (χ3n) is 5.81. The molecule has 0 spiro atoms. The van der Waals surface area contributed by atoms with Crippen LogP contribution in [0.15, 0.2) is 42.5 Å². The molecule has 2 aromatic carbocycles. The summed E-state index contributed by atoms with van der Waals surface area (Å²) in [4.78, 5) is 14.5. The first kappa shape index (κ1) is 15.6. The zero-order chi connectivity index (χ0) is 16.7. The smallest absolute Gasteiger partial charge is 0.226 e. The second-order valence-corrected chi connectivity index (χ2v) is 7.53. The molecule has 3 nitrogen and oxygen atoms in total. The average molecular weight is 323 g/mol. The molecular formula is C21H25NO2. The van der Waals surface area contributed by atoms with E-state index in [0.29, 0.717) is 12.5 Å². The van der Waals surface area contributed by atoms with Gasteiger partial charge in [-0.2, -0.15) is 0 Å². The molecule has 24 heavy (non-hydrogen) atoms. The Kier molecular flexibility index (Phi) is 4.05. The number of aliphatic hydroxyl groups excluding tert-OH is 1. The number of benzene rings is 2. The van der Waals surface area contributed by atoms with E-state index in [1.54, 1.807) is 0 Å². The third kappa shape index (κ3) is 2.93. The highest BCUT2D eigenvalue weighted by Gasteiger charge is 2.45. The second kappa shape index (κ2) is 6.21. The van der Waals surface area contributed by atoms with E-state index in [-0.39, 0.29) is 23.8 Å². The van der Waals surface area contributed by atoms with Gasteiger partial charge in [0.25, 0.3) is 0 Å². The molecule has 4 atom stereocenters. The van der Waals surface area contributed by atoms with Crippen LogP contribution in [0.3, 0.4) is 0 Å². The number of hydrogen-bond acceptors (Lipinski definition) is 2. The van der Waals surface area contributed by atoms with Gasteiger partial charge in [-0.15, -0.1) is 0 Å². The summed E-state index contributed by atoms with van der Waals surface area (Å²) in [6, 6.07) is 14.9. The molecule has 2 aliphatic carbocycles. The van der Waals surface area contributed by atoms with E-state index < -0.39 is 0 Å². The average Bonchev–Trinajstić information content (AvgIpc) is 3.31. The number of nitrogens with zero attached hydrogens (tertiary/aromatic N) is 1. The lowest BCUT2D eigenvalue weighted by Crippen LogP contribution is -2.35. The number of carbonyl (C=O) groups excluding carboxylic acids is 1. The first-order valence-electron chi connectivity index (χ1n) is 9.05. The van der Waals surface area contributed by atoms with Gasteiger partial charge in [-0.1, -0.05) is 48.9 Å². The lowest BCUT2D eigenvalue weighted by molar-refractivity contribution is -0.132. The summed E-state index contributed by atoms with van der Waals surface area (Å²) >= 11 is 0. The van der Waals surface area contributed by atoms with E-state index in [4.69, 9.17) is 0 Å². The van der Waals surface area contributed by atoms with Crippen molar-refractivity contribution in [3.63, 3.8) is 0 Å². The van der Waals surface area contributed by atoms with Crippen LogP contribution in [0.25, 0.3) is 10.8 Å². The SMILES string of the molecule is CN(CC1CCCC1O)C(=O)C1CC1c1ccc2ccccc2c1. The van der Waals surface area contributed by atoms with Gasteiger partial charge in [0.1, 0.15) is 0 Å². The first-order valence-corrected chi connectivity index (χ1v) is 9.05. The third-order valence-corrected chi connectivity index (χ3v) is 5.81. The highest BCUT2D eigenvalue weighted by molar-refractivity contribution is 5.85. The molecular weight excluding hydrogens is 298 g/mol. The number of rotatable bonds is 4. The van der Waals surface area contributed by atoms with Crippen LogP contribution in [0.5, 0.6) is 0 Å². The van der Waals surface area contributed by atoms with Crippen molar-refractivity contribution < 1.29 is 9.90 Å². The van der Waals surface area contributed by atoms with Crippen molar-refractivity contribution in [2.75, 3.05) is 13.6 Å². The summed E-state index contributed by atoms with van der Waals surface area (Å²) in [7, 11) is 1.89. The number of fused-ring (bicyclic) bond motifs is 1. The molecule has 0 saturated heterocycles. The predicted octanol–water partition coefficient (Wildman–Crippen LogP) is 3.56. The molecule has 0 bridgehead atoms. The van der Waals surface area contributed by atoms with Gasteiger partial charge >= 0.3 is 0 Å². The molecule has 4 rings (SSSR count). The summed E-state index contributed by atoms with van der Waals surface area (Å²) in [5, 5.41) is 12.5. The summed E-state index contributed by atoms with van der Waals surface area (Å²) < 4.78 is 0. The standard InChI is InChI=1S/C21H25NO2/c1-22(13-17-7-4-8-20(17)23)21(24)19-12-18(19)16-10-9-14-5-2-3-6-15(14)11-16/h2-3,5-6,9-11,17-20,23H,4,7-8,12-13H2,1H3. The fourth-order valence-corrected chi connectivity index (χ4v) is 4.23. The van der Waals surface area contributed by atoms with Crippen molar-refractivity contribution >= 4 is 16.7 Å². The quantitative estimate of drug-likeness (QED) is 0.934. The molecule has 1 amide bonds. The molecule has 4 unspecified atom stereocenters. The minimum atomic E-state index is -0.226. The molecule has 0 heterocycles. The molecule has 1 N–H and O–H groups in total. The maximum atomic E-state index is 12.7. The van der Waals surface area contributed by atoms with Crippen molar-refractivity contribution in [2.45, 2.75) is 37.7 Å². The molecule has 2 fully saturated rings. The first-order chi connectivity index (χ1) is 11.6. The van der Waals surface area contributed by atoms with E-state index >= 15 is 0 Å². The van der Waals surface area contributed by atoms with Crippen molar-refractivity contribution in [3.05, 3.63) is 48.0 Å². The number of amides is 1. The summed E-state index contributed by atoms with van der Waals surface area (Å²) in [5.41, 5.74) is 1.28. The molecule has 0 radical (unpaired) electrons. The highest BCUT2D eigenvalue weighted by Crippen LogP contribution is 2.49. The van der Waals surface area contributed by atoms with Crippen LogP contribution in [0.4, 0.5) is 0 Å². The molecule has 3 heteroatoms. The van der Waals surface area contributed by atoms with Crippen LogP contribution in [-0.4, -0.2) is 35.6 Å². The minimum Gasteiger partial charge on any atom is -0.393 e. The van der Waals surface area contributed by atoms with Crippen LogP contribution in [-0.2, 0) is 4.79 Å². The van der Waals surface area contributed by atoms with Gasteiger partial charge in [0.15, 0.2) is 0 Å². The fraction of sp³-hybridized carbons (Fsp3) is 0.476. The largest absolute Gasteiger partial charge is 0.393 e. The van der Waals surface area contributed by atoms with Gasteiger partial charge in [-0.3, -0.25) is 4.79 Å². The van der Waals surface area contributed by atoms with Crippen molar-refractivity contribution in [1.29, 1.82) is 0 Å². The summed E-state index contributed by atoms with van der Waals surface area (Å²) in [6.45, 7) is 0.695. The summed E-state index contributed by atoms with van der Waals surface area (Å²) in [5.74, 6) is 0.983. The van der Waals surface area contributed by atoms with Crippen LogP contribution in [0.1, 0.15) is 37.2 Å². The fourth-order valence-electron chi connectivity index (χ4n) is 4.23. The lowest BCUT2D eigenvalue weighted by atomic mass is 10.0. The van der Waals surface area contributed by atoms with E-state index in [9.17, 15) is 9.90 Å². The molecule has 2 aromatic rings. The zero-order valence-electron chi connectivity index (χ0n) is 14.2. The van der Waals surface area contributed by atoms with Gasteiger partial charge in [0.2, 0.25) is 5.91 Å². The Morgan fingerprint density at radius 3 is 2.71 bits per heavy atom. The van der Waals surface area contributed by atoms with E-state index in [1.165, 1.54) is 16.3 Å². The molecule has 0 aliphatic heterocycles. The molecule has 2 aliphatic rings. The Hall–Kier alpha value is -1.87. The van der Waals surface area contributed by atoms with Crippen molar-refractivity contribution in [3.8, 4) is 0 Å². The van der Waals surface area contributed by atoms with Crippen molar-refractivity contribution in [2.24, 2.45) is 11.8 Å². The van der Waals surface area contributed by atoms with Crippen LogP contribution < -0.4 is 0 Å². The maximum Gasteiger partial charge on any atom is 0.226 e. The van der Waals surface area contributed by atoms with Crippen molar-refractivity contribution in [1.82, 2.24) is 4.90 Å². The van der Waals surface area contributed by atoms with Gasteiger partial charge < -0.3 is 10.0 Å². The summed E-state index contributed by atoms with van der Waals surface area (Å²) in [6.07, 6.45) is 3.73. The molecule has 0 aromatic heterocycles. The van der Waals surface area contributed by atoms with Gasteiger partial charge in [-0.05, 0) is 41.5 Å². The maximum absolute atomic E-state index is 12.7. The molecule has 2 saturated carbocycles. The lowest BCUT2D eigenvalue weighted by Gasteiger charge is -2.23.